The zero-order valence-electron chi connectivity index (χ0n) is 16.9. The molecule has 1 heterocycles. The Balaban J connectivity index is 1.57. The number of hydrogen-bond donors (Lipinski definition) is 1. The number of nitrogens with one attached hydrogen (secondary N) is 1. The minimum absolute atomic E-state index is 0.136. The third-order valence-electron chi connectivity index (χ3n) is 5.45. The van der Waals surface area contributed by atoms with Gasteiger partial charge in [0.05, 0.1) is 13.2 Å². The number of nitrogens with zero attached hydrogens (tertiary/aromatic N) is 1. The molecule has 2 aromatic carbocycles. The molecule has 3 atom stereocenters. The van der Waals surface area contributed by atoms with Gasteiger partial charge in [0.1, 0.15) is 12.4 Å². The van der Waals surface area contributed by atoms with Crippen LogP contribution in [0.15, 0.2) is 54.6 Å². The number of ether oxygens (including phenoxy) is 2. The van der Waals surface area contributed by atoms with Gasteiger partial charge in [0, 0.05) is 18.6 Å². The molecule has 0 spiro atoms. The summed E-state index contributed by atoms with van der Waals surface area (Å²) < 4.78 is 10.8. The Labute approximate surface area is 167 Å². The molecule has 0 bridgehead atoms. The second-order valence-corrected chi connectivity index (χ2v) is 7.34. The highest BCUT2D eigenvalue weighted by molar-refractivity contribution is 5.69. The lowest BCUT2D eigenvalue weighted by atomic mass is 10.1. The summed E-state index contributed by atoms with van der Waals surface area (Å²) in [6.45, 7) is 5.30. The minimum Gasteiger partial charge on any atom is -0.497 e. The standard InChI is InChI=1S/C23H30N2O3/c1-4-22-21(24-15-18-10-12-20(27-3)13-11-18)14-17(2)25(22)23(26)28-16-19-8-6-5-7-9-19/h5-13,17,21-22,24H,4,14-16H2,1-3H3/t17-,21+,22+/m1/s1. The summed E-state index contributed by atoms with van der Waals surface area (Å²) in [5.74, 6) is 0.858. The summed E-state index contributed by atoms with van der Waals surface area (Å²) >= 11 is 0. The topological polar surface area (TPSA) is 50.8 Å². The van der Waals surface area contributed by atoms with E-state index in [0.717, 1.165) is 30.7 Å². The van der Waals surface area contributed by atoms with Crippen molar-refractivity contribution >= 4 is 6.09 Å². The van der Waals surface area contributed by atoms with Gasteiger partial charge in [-0.3, -0.25) is 0 Å². The van der Waals surface area contributed by atoms with E-state index in [0.29, 0.717) is 6.61 Å². The fourth-order valence-corrected chi connectivity index (χ4v) is 3.96. The Hall–Kier alpha value is -2.53. The molecule has 1 aliphatic heterocycles. The summed E-state index contributed by atoms with van der Waals surface area (Å²) in [6.07, 6.45) is 1.59. The first-order valence-electron chi connectivity index (χ1n) is 9.97. The van der Waals surface area contributed by atoms with Crippen LogP contribution in [0.5, 0.6) is 5.75 Å². The lowest BCUT2D eigenvalue weighted by Gasteiger charge is -2.29. The maximum Gasteiger partial charge on any atom is 0.410 e. The highest BCUT2D eigenvalue weighted by atomic mass is 16.6. The molecular formula is C23H30N2O3. The van der Waals surface area contributed by atoms with Gasteiger partial charge in [0.15, 0.2) is 0 Å². The second-order valence-electron chi connectivity index (χ2n) is 7.34. The molecule has 5 heteroatoms. The fraction of sp³-hybridized carbons (Fsp3) is 0.435. The Morgan fingerprint density at radius 3 is 2.46 bits per heavy atom. The van der Waals surface area contributed by atoms with Gasteiger partial charge in [-0.05, 0) is 43.0 Å². The molecule has 1 N–H and O–H groups in total. The van der Waals surface area contributed by atoms with E-state index >= 15 is 0 Å². The Kier molecular flexibility index (Phi) is 6.93. The van der Waals surface area contributed by atoms with Gasteiger partial charge in [-0.15, -0.1) is 0 Å². The molecule has 0 aliphatic carbocycles. The summed E-state index contributed by atoms with van der Waals surface area (Å²) in [7, 11) is 1.67. The van der Waals surface area contributed by atoms with Gasteiger partial charge in [0.2, 0.25) is 0 Å². The van der Waals surface area contributed by atoms with Crippen LogP contribution < -0.4 is 10.1 Å². The zero-order chi connectivity index (χ0) is 19.9. The first-order valence-corrected chi connectivity index (χ1v) is 9.97. The van der Waals surface area contributed by atoms with Crippen molar-refractivity contribution < 1.29 is 14.3 Å². The van der Waals surface area contributed by atoms with Crippen LogP contribution in [0.4, 0.5) is 4.79 Å². The molecule has 1 fully saturated rings. The van der Waals surface area contributed by atoms with Gasteiger partial charge < -0.3 is 19.7 Å². The monoisotopic (exact) mass is 382 g/mol. The normalized spacial score (nSPS) is 21.5. The highest BCUT2D eigenvalue weighted by Crippen LogP contribution is 2.28. The third kappa shape index (κ3) is 4.84. The maximum atomic E-state index is 12.8. The molecular weight excluding hydrogens is 352 g/mol. The van der Waals surface area contributed by atoms with Crippen LogP contribution in [0.2, 0.25) is 0 Å². The smallest absolute Gasteiger partial charge is 0.410 e. The molecule has 150 valence electrons. The quantitative estimate of drug-likeness (QED) is 0.773. The van der Waals surface area contributed by atoms with Crippen molar-refractivity contribution in [2.45, 2.75) is 58.0 Å². The van der Waals surface area contributed by atoms with Crippen LogP contribution in [0.3, 0.4) is 0 Å². The van der Waals surface area contributed by atoms with E-state index < -0.39 is 0 Å². The minimum atomic E-state index is -0.225. The van der Waals surface area contributed by atoms with Gasteiger partial charge in [0.25, 0.3) is 0 Å². The van der Waals surface area contributed by atoms with Crippen molar-refractivity contribution in [3.8, 4) is 5.75 Å². The number of hydrogen-bond acceptors (Lipinski definition) is 4. The zero-order valence-corrected chi connectivity index (χ0v) is 16.9. The molecule has 1 amide bonds. The molecule has 0 radical (unpaired) electrons. The summed E-state index contributed by atoms with van der Waals surface area (Å²) in [4.78, 5) is 14.7. The molecule has 5 nitrogen and oxygen atoms in total. The van der Waals surface area contributed by atoms with E-state index in [9.17, 15) is 4.79 Å². The van der Waals surface area contributed by atoms with Gasteiger partial charge in [-0.2, -0.15) is 0 Å². The number of carbonyl (C=O) groups excluding carboxylic acids is 1. The Morgan fingerprint density at radius 1 is 1.11 bits per heavy atom. The van der Waals surface area contributed by atoms with Crippen molar-refractivity contribution in [1.82, 2.24) is 10.2 Å². The maximum absolute atomic E-state index is 12.8. The van der Waals surface area contributed by atoms with E-state index in [4.69, 9.17) is 9.47 Å². The molecule has 2 aromatic rings. The van der Waals surface area contributed by atoms with Crippen LogP contribution >= 0.6 is 0 Å². The fourth-order valence-electron chi connectivity index (χ4n) is 3.96. The van der Waals surface area contributed by atoms with Crippen molar-refractivity contribution in [1.29, 1.82) is 0 Å². The SMILES string of the molecule is CC[C@H]1[C@@H](NCc2ccc(OC)cc2)C[C@@H](C)N1C(=O)OCc1ccccc1. The predicted octanol–water partition coefficient (Wildman–Crippen LogP) is 4.36. The summed E-state index contributed by atoms with van der Waals surface area (Å²) in [5, 5.41) is 3.64. The Bertz CT molecular complexity index is 748. The lowest BCUT2D eigenvalue weighted by Crippen LogP contribution is -2.45. The average Bonchev–Trinajstić information content (AvgIpc) is 3.06. The second kappa shape index (κ2) is 9.60. The van der Waals surface area contributed by atoms with Crippen molar-refractivity contribution in [3.63, 3.8) is 0 Å². The molecule has 0 saturated carbocycles. The largest absolute Gasteiger partial charge is 0.497 e. The number of carbonyl (C=O) groups is 1. The average molecular weight is 383 g/mol. The third-order valence-corrected chi connectivity index (χ3v) is 5.45. The number of benzene rings is 2. The van der Waals surface area contributed by atoms with E-state index in [1.54, 1.807) is 7.11 Å². The molecule has 0 unspecified atom stereocenters. The molecule has 3 rings (SSSR count). The van der Waals surface area contributed by atoms with Gasteiger partial charge in [-0.1, -0.05) is 49.4 Å². The van der Waals surface area contributed by atoms with Crippen molar-refractivity contribution in [2.75, 3.05) is 7.11 Å². The van der Waals surface area contributed by atoms with Crippen LogP contribution in [-0.2, 0) is 17.9 Å². The Morgan fingerprint density at radius 2 is 1.82 bits per heavy atom. The summed E-state index contributed by atoms with van der Waals surface area (Å²) in [5.41, 5.74) is 2.21. The van der Waals surface area contributed by atoms with E-state index in [1.165, 1.54) is 5.56 Å². The van der Waals surface area contributed by atoms with Crippen LogP contribution in [0.25, 0.3) is 0 Å². The van der Waals surface area contributed by atoms with E-state index in [2.05, 4.69) is 31.3 Å². The van der Waals surface area contributed by atoms with E-state index in [1.807, 2.05) is 47.4 Å². The molecule has 0 aromatic heterocycles. The van der Waals surface area contributed by atoms with E-state index in [-0.39, 0.29) is 24.2 Å². The number of rotatable bonds is 7. The molecule has 28 heavy (non-hydrogen) atoms. The number of amides is 1. The highest BCUT2D eigenvalue weighted by Gasteiger charge is 2.41. The molecule has 1 aliphatic rings. The van der Waals surface area contributed by atoms with Gasteiger partial charge >= 0.3 is 6.09 Å². The number of methoxy groups -OCH3 is 1. The first kappa shape index (κ1) is 20.2. The van der Waals surface area contributed by atoms with Gasteiger partial charge in [-0.25, -0.2) is 4.79 Å². The molecule has 1 saturated heterocycles. The first-order chi connectivity index (χ1) is 13.6. The number of likely N-dealkylation sites (tertiary alicyclic amines) is 1. The van der Waals surface area contributed by atoms with Crippen LogP contribution in [0, 0.1) is 0 Å². The van der Waals surface area contributed by atoms with Crippen LogP contribution in [-0.4, -0.2) is 36.2 Å². The predicted molar refractivity (Wildman–Crippen MR) is 110 cm³/mol. The van der Waals surface area contributed by atoms with Crippen molar-refractivity contribution in [2.24, 2.45) is 0 Å². The van der Waals surface area contributed by atoms with Crippen LogP contribution in [0.1, 0.15) is 37.8 Å². The summed E-state index contributed by atoms with van der Waals surface area (Å²) in [6, 6.07) is 18.4. The van der Waals surface area contributed by atoms with Crippen molar-refractivity contribution in [3.05, 3.63) is 65.7 Å². The lowest BCUT2D eigenvalue weighted by molar-refractivity contribution is 0.0780.